The van der Waals surface area contributed by atoms with E-state index in [2.05, 4.69) is 9.37 Å². The molecule has 0 amide bonds. The van der Waals surface area contributed by atoms with Crippen LogP contribution in [0.1, 0.15) is 5.56 Å². The van der Waals surface area contributed by atoms with E-state index < -0.39 is 0 Å². The Hall–Kier alpha value is -1.62. The molecular weight excluding hydrogens is 313 g/mol. The van der Waals surface area contributed by atoms with Crippen LogP contribution < -0.4 is 5.73 Å². The Bertz CT molecular complexity index is 750. The fourth-order valence-corrected chi connectivity index (χ4v) is 2.60. The zero-order valence-corrected chi connectivity index (χ0v) is 12.7. The fraction of sp³-hybridized carbons (Fsp3) is 0. The molecular formula is C14H11Cl2N3S. The summed E-state index contributed by atoms with van der Waals surface area (Å²) in [6.07, 6.45) is 0. The number of halogens is 2. The summed E-state index contributed by atoms with van der Waals surface area (Å²) in [6, 6.07) is 15.2. The van der Waals surface area contributed by atoms with E-state index >= 15 is 0 Å². The van der Waals surface area contributed by atoms with Gasteiger partial charge in [-0.25, -0.2) is 4.99 Å². The molecule has 1 aromatic heterocycles. The number of fused-ring (bicyclic) bond motifs is 1. The van der Waals surface area contributed by atoms with Crippen LogP contribution in [0.2, 0.25) is 5.02 Å². The van der Waals surface area contributed by atoms with Gasteiger partial charge in [0.15, 0.2) is 5.82 Å². The first-order valence-corrected chi connectivity index (χ1v) is 6.84. The van der Waals surface area contributed by atoms with Gasteiger partial charge in [0.05, 0.1) is 4.70 Å². The van der Waals surface area contributed by atoms with Crippen molar-refractivity contribution in [1.29, 1.82) is 0 Å². The topological polar surface area (TPSA) is 51.3 Å². The molecule has 0 aliphatic carbocycles. The number of hydrogen-bond acceptors (Lipinski definition) is 3. The number of aliphatic imine (C=N–C) groups is 1. The molecule has 2 aromatic carbocycles. The highest BCUT2D eigenvalue weighted by Crippen LogP contribution is 2.28. The highest BCUT2D eigenvalue weighted by molar-refractivity contribution is 7.13. The first-order chi connectivity index (χ1) is 9.24. The first-order valence-electron chi connectivity index (χ1n) is 5.68. The molecule has 20 heavy (non-hydrogen) atoms. The average molecular weight is 324 g/mol. The molecule has 3 aromatic rings. The van der Waals surface area contributed by atoms with E-state index in [1.54, 1.807) is 12.1 Å². The lowest BCUT2D eigenvalue weighted by Gasteiger charge is -2.00. The predicted molar refractivity (Wildman–Crippen MR) is 88.7 cm³/mol. The number of amidine groups is 1. The molecule has 0 radical (unpaired) electrons. The van der Waals surface area contributed by atoms with Crippen molar-refractivity contribution >= 4 is 57.3 Å². The summed E-state index contributed by atoms with van der Waals surface area (Å²) in [5, 5.41) is 1.69. The van der Waals surface area contributed by atoms with Crippen LogP contribution in [-0.2, 0) is 0 Å². The number of hydrogen-bond donors (Lipinski definition) is 1. The molecule has 0 spiro atoms. The van der Waals surface area contributed by atoms with Crippen molar-refractivity contribution in [3.05, 3.63) is 59.1 Å². The van der Waals surface area contributed by atoms with Crippen LogP contribution in [0.3, 0.4) is 0 Å². The highest BCUT2D eigenvalue weighted by Gasteiger charge is 2.05. The van der Waals surface area contributed by atoms with Crippen molar-refractivity contribution in [2.24, 2.45) is 10.7 Å². The maximum Gasteiger partial charge on any atom is 0.175 e. The highest BCUT2D eigenvalue weighted by atomic mass is 35.5. The van der Waals surface area contributed by atoms with Gasteiger partial charge in [-0.1, -0.05) is 23.7 Å². The van der Waals surface area contributed by atoms with Gasteiger partial charge in [-0.15, -0.1) is 12.4 Å². The quantitative estimate of drug-likeness (QED) is 0.561. The Morgan fingerprint density at radius 1 is 1.10 bits per heavy atom. The molecule has 0 saturated heterocycles. The van der Waals surface area contributed by atoms with E-state index in [9.17, 15) is 0 Å². The van der Waals surface area contributed by atoms with Crippen LogP contribution in [0.4, 0.5) is 5.82 Å². The SMILES string of the molecule is Cl.NC(=Nc1nsc2ccccc12)c1ccc(Cl)cc1. The second kappa shape index (κ2) is 6.22. The van der Waals surface area contributed by atoms with Crippen molar-refractivity contribution in [2.75, 3.05) is 0 Å². The molecule has 0 aliphatic rings. The van der Waals surface area contributed by atoms with E-state index in [-0.39, 0.29) is 12.4 Å². The molecule has 0 atom stereocenters. The van der Waals surface area contributed by atoms with Crippen LogP contribution in [0.5, 0.6) is 0 Å². The van der Waals surface area contributed by atoms with Crippen LogP contribution in [0, 0.1) is 0 Å². The smallest absolute Gasteiger partial charge is 0.175 e. The number of benzene rings is 2. The van der Waals surface area contributed by atoms with E-state index in [1.807, 2.05) is 36.4 Å². The Balaban J connectivity index is 0.00000147. The summed E-state index contributed by atoms with van der Waals surface area (Å²) in [4.78, 5) is 4.40. The Kier molecular flexibility index (Phi) is 4.60. The first kappa shape index (κ1) is 14.8. The van der Waals surface area contributed by atoms with Gasteiger partial charge in [0, 0.05) is 16.0 Å². The molecule has 0 saturated carbocycles. The molecule has 0 unspecified atom stereocenters. The molecule has 0 fully saturated rings. The molecule has 0 aliphatic heterocycles. The summed E-state index contributed by atoms with van der Waals surface area (Å²) in [5.74, 6) is 1.10. The maximum absolute atomic E-state index is 6.00. The van der Waals surface area contributed by atoms with Crippen LogP contribution in [0.25, 0.3) is 10.1 Å². The van der Waals surface area contributed by atoms with Crippen molar-refractivity contribution in [3.63, 3.8) is 0 Å². The van der Waals surface area contributed by atoms with Crippen LogP contribution in [0.15, 0.2) is 53.5 Å². The molecule has 1 heterocycles. The van der Waals surface area contributed by atoms with Crippen molar-refractivity contribution in [2.45, 2.75) is 0 Å². The third-order valence-corrected chi connectivity index (χ3v) is 3.79. The monoisotopic (exact) mass is 323 g/mol. The summed E-state index contributed by atoms with van der Waals surface area (Å²) in [6.45, 7) is 0. The molecule has 2 N–H and O–H groups in total. The van der Waals surface area contributed by atoms with Crippen molar-refractivity contribution in [3.8, 4) is 0 Å². The number of nitrogens with zero attached hydrogens (tertiary/aromatic N) is 2. The van der Waals surface area contributed by atoms with Gasteiger partial charge in [0.25, 0.3) is 0 Å². The standard InChI is InChI=1S/C14H10ClN3S.ClH/c15-10-7-5-9(6-8-10)13(16)17-14-11-3-1-2-4-12(11)19-18-14;/h1-8H,(H2,16,17,18);1H. The lowest BCUT2D eigenvalue weighted by atomic mass is 10.2. The molecule has 0 bridgehead atoms. The third kappa shape index (κ3) is 2.93. The number of nitrogens with two attached hydrogens (primary N) is 1. The largest absolute Gasteiger partial charge is 0.383 e. The maximum atomic E-state index is 6.00. The minimum absolute atomic E-state index is 0. The minimum Gasteiger partial charge on any atom is -0.383 e. The van der Waals surface area contributed by atoms with Crippen molar-refractivity contribution in [1.82, 2.24) is 4.37 Å². The van der Waals surface area contributed by atoms with Gasteiger partial charge in [0.1, 0.15) is 5.84 Å². The lowest BCUT2D eigenvalue weighted by Crippen LogP contribution is -2.12. The second-order valence-electron chi connectivity index (χ2n) is 4.01. The molecule has 102 valence electrons. The van der Waals surface area contributed by atoms with Gasteiger partial charge >= 0.3 is 0 Å². The Labute approximate surface area is 131 Å². The normalized spacial score (nSPS) is 11.3. The zero-order valence-electron chi connectivity index (χ0n) is 10.3. The molecule has 3 nitrogen and oxygen atoms in total. The van der Waals surface area contributed by atoms with E-state index in [0.717, 1.165) is 15.6 Å². The van der Waals surface area contributed by atoms with Gasteiger partial charge < -0.3 is 5.73 Å². The second-order valence-corrected chi connectivity index (χ2v) is 5.25. The zero-order chi connectivity index (χ0) is 13.2. The Morgan fingerprint density at radius 2 is 1.80 bits per heavy atom. The van der Waals surface area contributed by atoms with E-state index in [0.29, 0.717) is 16.7 Å². The van der Waals surface area contributed by atoms with Crippen LogP contribution >= 0.6 is 35.5 Å². The molecule has 6 heteroatoms. The third-order valence-electron chi connectivity index (χ3n) is 2.72. The summed E-state index contributed by atoms with van der Waals surface area (Å²) < 4.78 is 5.43. The van der Waals surface area contributed by atoms with Gasteiger partial charge in [-0.3, -0.25) is 0 Å². The average Bonchev–Trinajstić information content (AvgIpc) is 2.83. The molecule has 3 rings (SSSR count). The summed E-state index contributed by atoms with van der Waals surface area (Å²) >= 11 is 7.27. The summed E-state index contributed by atoms with van der Waals surface area (Å²) in [5.41, 5.74) is 6.83. The minimum atomic E-state index is 0. The number of rotatable bonds is 2. The Morgan fingerprint density at radius 3 is 2.55 bits per heavy atom. The van der Waals surface area contributed by atoms with E-state index in [4.69, 9.17) is 17.3 Å². The van der Waals surface area contributed by atoms with E-state index in [1.165, 1.54) is 11.5 Å². The van der Waals surface area contributed by atoms with Crippen molar-refractivity contribution < 1.29 is 0 Å². The van der Waals surface area contributed by atoms with Gasteiger partial charge in [-0.05, 0) is 47.9 Å². The predicted octanol–water partition coefficient (Wildman–Crippen LogP) is 4.41. The number of aromatic nitrogens is 1. The van der Waals surface area contributed by atoms with Gasteiger partial charge in [-0.2, -0.15) is 4.37 Å². The fourth-order valence-electron chi connectivity index (χ4n) is 1.75. The van der Waals surface area contributed by atoms with Gasteiger partial charge in [0.2, 0.25) is 0 Å². The lowest BCUT2D eigenvalue weighted by molar-refractivity contribution is 1.40. The van der Waals surface area contributed by atoms with Crippen LogP contribution in [-0.4, -0.2) is 10.2 Å². The summed E-state index contributed by atoms with van der Waals surface area (Å²) in [7, 11) is 0.